The van der Waals surface area contributed by atoms with Crippen LogP contribution in [0.3, 0.4) is 0 Å². The standard InChI is InChI=1S/C15H19FN2O3/c1-14(2)12(15(14,3)4)18-13(21)17-10-6-5-8(11(19)20)7-9(10)16/h5-7,12H,1-4H3,(H,19,20)(H2,17,18,21). The van der Waals surface area contributed by atoms with Crippen molar-refractivity contribution in [1.82, 2.24) is 5.32 Å². The highest BCUT2D eigenvalue weighted by molar-refractivity contribution is 5.92. The second kappa shape index (κ2) is 4.72. The van der Waals surface area contributed by atoms with Gasteiger partial charge in [0.2, 0.25) is 0 Å². The predicted molar refractivity (Wildman–Crippen MR) is 76.9 cm³/mol. The van der Waals surface area contributed by atoms with Gasteiger partial charge >= 0.3 is 12.0 Å². The van der Waals surface area contributed by atoms with Gasteiger partial charge in [-0.3, -0.25) is 0 Å². The number of nitrogens with one attached hydrogen (secondary N) is 2. The van der Waals surface area contributed by atoms with E-state index < -0.39 is 17.8 Å². The highest BCUT2D eigenvalue weighted by Crippen LogP contribution is 2.62. The van der Waals surface area contributed by atoms with Crippen LogP contribution in [-0.4, -0.2) is 23.1 Å². The van der Waals surface area contributed by atoms with Gasteiger partial charge < -0.3 is 15.7 Å². The molecule has 3 N–H and O–H groups in total. The molecule has 0 saturated heterocycles. The minimum Gasteiger partial charge on any atom is -0.478 e. The third-order valence-corrected chi connectivity index (χ3v) is 4.76. The van der Waals surface area contributed by atoms with E-state index in [0.717, 1.165) is 6.07 Å². The van der Waals surface area contributed by atoms with Crippen molar-refractivity contribution in [3.63, 3.8) is 0 Å². The molecule has 0 heterocycles. The number of hydrogen-bond donors (Lipinski definition) is 3. The molecule has 2 amide bonds. The van der Waals surface area contributed by atoms with E-state index in [9.17, 15) is 14.0 Å². The molecule has 0 aliphatic heterocycles. The minimum atomic E-state index is -1.22. The topological polar surface area (TPSA) is 78.4 Å². The van der Waals surface area contributed by atoms with Crippen molar-refractivity contribution >= 4 is 17.7 Å². The van der Waals surface area contributed by atoms with Gasteiger partial charge in [0.1, 0.15) is 5.82 Å². The van der Waals surface area contributed by atoms with Gasteiger partial charge in [-0.15, -0.1) is 0 Å². The van der Waals surface area contributed by atoms with Crippen LogP contribution >= 0.6 is 0 Å². The second-order valence-electron chi connectivity index (χ2n) is 6.47. The molecule has 0 atom stereocenters. The molecule has 1 aliphatic carbocycles. The number of hydrogen-bond acceptors (Lipinski definition) is 2. The summed E-state index contributed by atoms with van der Waals surface area (Å²) >= 11 is 0. The largest absolute Gasteiger partial charge is 0.478 e. The van der Waals surface area contributed by atoms with Crippen LogP contribution in [0.5, 0.6) is 0 Å². The average molecular weight is 294 g/mol. The highest BCUT2D eigenvalue weighted by Gasteiger charge is 2.65. The molecule has 0 spiro atoms. The van der Waals surface area contributed by atoms with E-state index in [0.29, 0.717) is 0 Å². The molecule has 6 heteroatoms. The Morgan fingerprint density at radius 2 is 1.76 bits per heavy atom. The first-order valence-electron chi connectivity index (χ1n) is 6.67. The van der Waals surface area contributed by atoms with Crippen LogP contribution in [0, 0.1) is 16.6 Å². The fourth-order valence-corrected chi connectivity index (χ4v) is 2.60. The van der Waals surface area contributed by atoms with Crippen molar-refractivity contribution in [2.75, 3.05) is 5.32 Å². The molecular formula is C15H19FN2O3. The molecule has 114 valence electrons. The van der Waals surface area contributed by atoms with E-state index in [-0.39, 0.29) is 28.1 Å². The summed E-state index contributed by atoms with van der Waals surface area (Å²) in [4.78, 5) is 22.6. The Labute approximate surface area is 122 Å². The fourth-order valence-electron chi connectivity index (χ4n) is 2.60. The van der Waals surface area contributed by atoms with Gasteiger partial charge in [-0.25, -0.2) is 14.0 Å². The minimum absolute atomic E-state index is 0.00588. The summed E-state index contributed by atoms with van der Waals surface area (Å²) in [5.41, 5.74) is -0.247. The zero-order chi connectivity index (χ0) is 16.0. The average Bonchev–Trinajstić information content (AvgIpc) is 2.74. The van der Waals surface area contributed by atoms with E-state index >= 15 is 0 Å². The zero-order valence-electron chi connectivity index (χ0n) is 12.5. The van der Waals surface area contributed by atoms with Crippen LogP contribution in [0.2, 0.25) is 0 Å². The molecule has 0 aromatic heterocycles. The number of carbonyl (C=O) groups excluding carboxylic acids is 1. The molecule has 1 aromatic carbocycles. The normalized spacial score (nSPS) is 18.9. The molecule has 21 heavy (non-hydrogen) atoms. The van der Waals surface area contributed by atoms with E-state index in [1.807, 2.05) is 0 Å². The summed E-state index contributed by atoms with van der Waals surface area (Å²) in [7, 11) is 0. The number of aromatic carboxylic acids is 1. The molecule has 0 bridgehead atoms. The first-order valence-corrected chi connectivity index (χ1v) is 6.67. The number of urea groups is 1. The van der Waals surface area contributed by atoms with Gasteiger partial charge in [-0.05, 0) is 29.0 Å². The van der Waals surface area contributed by atoms with Crippen LogP contribution in [0.15, 0.2) is 18.2 Å². The molecule has 1 aliphatic rings. The predicted octanol–water partition coefficient (Wildman–Crippen LogP) is 3.08. The first kappa shape index (κ1) is 15.3. The Balaban J connectivity index is 2.03. The maximum Gasteiger partial charge on any atom is 0.335 e. The lowest BCUT2D eigenvalue weighted by atomic mass is 10.0. The van der Waals surface area contributed by atoms with Gasteiger partial charge in [0.25, 0.3) is 0 Å². The number of rotatable bonds is 3. The Morgan fingerprint density at radius 1 is 1.19 bits per heavy atom. The van der Waals surface area contributed by atoms with Crippen molar-refractivity contribution < 1.29 is 19.1 Å². The van der Waals surface area contributed by atoms with E-state index in [1.54, 1.807) is 0 Å². The number of carboxylic acid groups (broad SMARTS) is 1. The van der Waals surface area contributed by atoms with Crippen LogP contribution in [-0.2, 0) is 0 Å². The van der Waals surface area contributed by atoms with Gasteiger partial charge in [0.15, 0.2) is 0 Å². The number of amides is 2. The third-order valence-electron chi connectivity index (χ3n) is 4.76. The van der Waals surface area contributed by atoms with Crippen LogP contribution < -0.4 is 10.6 Å². The Hall–Kier alpha value is -2.11. The summed E-state index contributed by atoms with van der Waals surface area (Å²) in [6, 6.07) is 2.86. The number of carbonyl (C=O) groups is 2. The van der Waals surface area contributed by atoms with Crippen molar-refractivity contribution in [1.29, 1.82) is 0 Å². The lowest BCUT2D eigenvalue weighted by Crippen LogP contribution is -2.34. The molecule has 2 rings (SSSR count). The lowest BCUT2D eigenvalue weighted by molar-refractivity contribution is 0.0696. The van der Waals surface area contributed by atoms with Gasteiger partial charge in [0.05, 0.1) is 11.3 Å². The van der Waals surface area contributed by atoms with Crippen molar-refractivity contribution in [2.24, 2.45) is 10.8 Å². The van der Waals surface area contributed by atoms with Crippen LogP contribution in [0.4, 0.5) is 14.9 Å². The summed E-state index contributed by atoms with van der Waals surface area (Å²) in [5, 5.41) is 14.0. The molecular weight excluding hydrogens is 275 g/mol. The number of halogens is 1. The van der Waals surface area contributed by atoms with Gasteiger partial charge in [-0.1, -0.05) is 27.7 Å². The Morgan fingerprint density at radius 3 is 2.19 bits per heavy atom. The smallest absolute Gasteiger partial charge is 0.335 e. The fraction of sp³-hybridized carbons (Fsp3) is 0.467. The molecule has 0 unspecified atom stereocenters. The Bertz CT molecular complexity index is 597. The second-order valence-corrected chi connectivity index (χ2v) is 6.47. The van der Waals surface area contributed by atoms with Gasteiger partial charge in [0, 0.05) is 6.04 Å². The molecule has 1 fully saturated rings. The summed E-state index contributed by atoms with van der Waals surface area (Å²) in [6.45, 7) is 8.22. The van der Waals surface area contributed by atoms with E-state index in [1.165, 1.54) is 12.1 Å². The lowest BCUT2D eigenvalue weighted by Gasteiger charge is -2.10. The number of carboxylic acids is 1. The SMILES string of the molecule is CC1(C)C(NC(=O)Nc2ccc(C(=O)O)cc2F)C1(C)C. The molecule has 1 aromatic rings. The zero-order valence-corrected chi connectivity index (χ0v) is 12.5. The number of benzene rings is 1. The van der Waals surface area contributed by atoms with Gasteiger partial charge in [-0.2, -0.15) is 0 Å². The quantitative estimate of drug-likeness (QED) is 0.801. The van der Waals surface area contributed by atoms with E-state index in [2.05, 4.69) is 38.3 Å². The highest BCUT2D eigenvalue weighted by atomic mass is 19.1. The van der Waals surface area contributed by atoms with Crippen LogP contribution in [0.25, 0.3) is 0 Å². The third kappa shape index (κ3) is 2.57. The first-order chi connectivity index (χ1) is 9.57. The van der Waals surface area contributed by atoms with Crippen LogP contribution in [0.1, 0.15) is 38.1 Å². The van der Waals surface area contributed by atoms with Crippen molar-refractivity contribution in [2.45, 2.75) is 33.7 Å². The summed E-state index contributed by atoms with van der Waals surface area (Å²) in [5.74, 6) is -1.99. The molecule has 1 saturated carbocycles. The maximum absolute atomic E-state index is 13.7. The summed E-state index contributed by atoms with van der Waals surface area (Å²) in [6.07, 6.45) is 0. The summed E-state index contributed by atoms with van der Waals surface area (Å²) < 4.78 is 13.7. The van der Waals surface area contributed by atoms with E-state index in [4.69, 9.17) is 5.11 Å². The maximum atomic E-state index is 13.7. The molecule has 5 nitrogen and oxygen atoms in total. The van der Waals surface area contributed by atoms with Crippen molar-refractivity contribution in [3.8, 4) is 0 Å². The number of anilines is 1. The van der Waals surface area contributed by atoms with Crippen molar-refractivity contribution in [3.05, 3.63) is 29.6 Å². The monoisotopic (exact) mass is 294 g/mol. The Kier molecular flexibility index (Phi) is 3.43. The molecule has 0 radical (unpaired) electrons.